The van der Waals surface area contributed by atoms with E-state index in [1.165, 1.54) is 71.2 Å². The molecule has 2 nitrogen and oxygen atoms in total. The van der Waals surface area contributed by atoms with Gasteiger partial charge in [0.2, 0.25) is 0 Å². The van der Waals surface area contributed by atoms with Crippen LogP contribution < -0.4 is 5.32 Å². The summed E-state index contributed by atoms with van der Waals surface area (Å²) < 4.78 is 0. The van der Waals surface area contributed by atoms with Gasteiger partial charge in [0, 0.05) is 26.2 Å². The topological polar surface area (TPSA) is 15.3 Å². The molecule has 0 radical (unpaired) electrons. The zero-order valence-corrected chi connectivity index (χ0v) is 12.5. The summed E-state index contributed by atoms with van der Waals surface area (Å²) in [5.74, 6) is 2.91. The van der Waals surface area contributed by atoms with Crippen LogP contribution >= 0.6 is 0 Å². The van der Waals surface area contributed by atoms with E-state index in [4.69, 9.17) is 0 Å². The molecule has 2 bridgehead atoms. The minimum absolute atomic E-state index is 0.855. The molecule has 0 aromatic rings. The van der Waals surface area contributed by atoms with Crippen LogP contribution in [-0.2, 0) is 0 Å². The van der Waals surface area contributed by atoms with E-state index in [0.29, 0.717) is 0 Å². The summed E-state index contributed by atoms with van der Waals surface area (Å²) in [6, 6.07) is 0. The summed E-state index contributed by atoms with van der Waals surface area (Å²) >= 11 is 0. The lowest BCUT2D eigenvalue weighted by Crippen LogP contribution is -2.45. The number of hydrogen-bond donors (Lipinski definition) is 1. The van der Waals surface area contributed by atoms with Crippen molar-refractivity contribution in [2.75, 3.05) is 32.7 Å². The Labute approximate surface area is 114 Å². The SMILES string of the molecule is CC(C)CCCNCCN1CC2CCCC(C2)C1. The van der Waals surface area contributed by atoms with Gasteiger partial charge < -0.3 is 10.2 Å². The van der Waals surface area contributed by atoms with E-state index in [9.17, 15) is 0 Å². The number of rotatable bonds is 7. The van der Waals surface area contributed by atoms with Gasteiger partial charge in [-0.15, -0.1) is 0 Å². The van der Waals surface area contributed by atoms with Crippen molar-refractivity contribution in [3.05, 3.63) is 0 Å². The first-order valence-electron chi connectivity index (χ1n) is 8.17. The van der Waals surface area contributed by atoms with Crippen molar-refractivity contribution in [1.29, 1.82) is 0 Å². The molecule has 1 N–H and O–H groups in total. The van der Waals surface area contributed by atoms with E-state index in [0.717, 1.165) is 17.8 Å². The maximum atomic E-state index is 3.61. The van der Waals surface area contributed by atoms with Crippen LogP contribution in [0.2, 0.25) is 0 Å². The van der Waals surface area contributed by atoms with E-state index in [-0.39, 0.29) is 0 Å². The molecule has 0 aromatic carbocycles. The van der Waals surface area contributed by atoms with Crippen molar-refractivity contribution in [3.63, 3.8) is 0 Å². The van der Waals surface area contributed by atoms with Crippen molar-refractivity contribution >= 4 is 0 Å². The van der Waals surface area contributed by atoms with Gasteiger partial charge in [0.25, 0.3) is 0 Å². The lowest BCUT2D eigenvalue weighted by Gasteiger charge is -2.41. The molecule has 2 rings (SSSR count). The number of nitrogens with zero attached hydrogens (tertiary/aromatic N) is 1. The van der Waals surface area contributed by atoms with Crippen LogP contribution in [0.1, 0.15) is 52.4 Å². The third kappa shape index (κ3) is 4.89. The van der Waals surface area contributed by atoms with E-state index >= 15 is 0 Å². The summed E-state index contributed by atoms with van der Waals surface area (Å²) in [5, 5.41) is 3.61. The molecule has 1 aliphatic heterocycles. The molecule has 18 heavy (non-hydrogen) atoms. The first-order chi connectivity index (χ1) is 8.74. The number of piperidine rings is 1. The highest BCUT2D eigenvalue weighted by atomic mass is 15.1. The average molecular weight is 252 g/mol. The van der Waals surface area contributed by atoms with Gasteiger partial charge in [0.15, 0.2) is 0 Å². The van der Waals surface area contributed by atoms with Gasteiger partial charge >= 0.3 is 0 Å². The largest absolute Gasteiger partial charge is 0.315 e. The molecular formula is C16H32N2. The Bertz CT molecular complexity index is 215. The predicted octanol–water partition coefficient (Wildman–Crippen LogP) is 3.13. The van der Waals surface area contributed by atoms with Crippen molar-refractivity contribution in [2.45, 2.75) is 52.4 Å². The maximum absolute atomic E-state index is 3.61. The van der Waals surface area contributed by atoms with Crippen molar-refractivity contribution in [1.82, 2.24) is 10.2 Å². The van der Waals surface area contributed by atoms with E-state index in [1.54, 1.807) is 0 Å². The summed E-state index contributed by atoms with van der Waals surface area (Å²) in [5.41, 5.74) is 0. The lowest BCUT2D eigenvalue weighted by atomic mass is 9.78. The molecule has 1 saturated heterocycles. The fraction of sp³-hybridized carbons (Fsp3) is 1.00. The molecule has 2 aliphatic rings. The second-order valence-corrected chi connectivity index (χ2v) is 6.94. The summed E-state index contributed by atoms with van der Waals surface area (Å²) in [6.45, 7) is 11.1. The van der Waals surface area contributed by atoms with Crippen LogP contribution in [-0.4, -0.2) is 37.6 Å². The summed E-state index contributed by atoms with van der Waals surface area (Å²) in [7, 11) is 0. The van der Waals surface area contributed by atoms with Crippen molar-refractivity contribution in [2.24, 2.45) is 17.8 Å². The first kappa shape index (κ1) is 14.3. The standard InChI is InChI=1S/C16H32N2/c1-14(2)5-4-8-17-9-10-18-12-15-6-3-7-16(11-15)13-18/h14-17H,3-13H2,1-2H3. The van der Waals surface area contributed by atoms with Gasteiger partial charge in [0.1, 0.15) is 0 Å². The van der Waals surface area contributed by atoms with Crippen LogP contribution in [0.15, 0.2) is 0 Å². The van der Waals surface area contributed by atoms with Gasteiger partial charge in [-0.05, 0) is 56.4 Å². The molecule has 2 heteroatoms. The van der Waals surface area contributed by atoms with Crippen molar-refractivity contribution < 1.29 is 0 Å². The molecule has 1 saturated carbocycles. The zero-order valence-electron chi connectivity index (χ0n) is 12.5. The Balaban J connectivity index is 1.51. The normalized spacial score (nSPS) is 28.8. The maximum Gasteiger partial charge on any atom is 0.0107 e. The van der Waals surface area contributed by atoms with Crippen LogP contribution in [0.25, 0.3) is 0 Å². The van der Waals surface area contributed by atoms with Gasteiger partial charge in [-0.3, -0.25) is 0 Å². The van der Waals surface area contributed by atoms with E-state index < -0.39 is 0 Å². The molecular weight excluding hydrogens is 220 g/mol. The summed E-state index contributed by atoms with van der Waals surface area (Å²) in [6.07, 6.45) is 8.71. The molecule has 0 aromatic heterocycles. The molecule has 1 heterocycles. The number of fused-ring (bicyclic) bond motifs is 2. The van der Waals surface area contributed by atoms with E-state index in [2.05, 4.69) is 24.1 Å². The molecule has 1 aliphatic carbocycles. The van der Waals surface area contributed by atoms with Crippen LogP contribution in [0.5, 0.6) is 0 Å². The van der Waals surface area contributed by atoms with Crippen LogP contribution in [0.3, 0.4) is 0 Å². The fourth-order valence-electron chi connectivity index (χ4n) is 3.72. The van der Waals surface area contributed by atoms with E-state index in [1.807, 2.05) is 0 Å². The number of likely N-dealkylation sites (tertiary alicyclic amines) is 1. The highest BCUT2D eigenvalue weighted by Gasteiger charge is 2.29. The van der Waals surface area contributed by atoms with Crippen LogP contribution in [0.4, 0.5) is 0 Å². The quantitative estimate of drug-likeness (QED) is 0.700. The first-order valence-corrected chi connectivity index (χ1v) is 8.17. The lowest BCUT2D eigenvalue weighted by molar-refractivity contribution is 0.0870. The monoisotopic (exact) mass is 252 g/mol. The van der Waals surface area contributed by atoms with Gasteiger partial charge in [-0.25, -0.2) is 0 Å². The third-order valence-electron chi connectivity index (χ3n) is 4.66. The molecule has 2 fully saturated rings. The van der Waals surface area contributed by atoms with Crippen molar-refractivity contribution in [3.8, 4) is 0 Å². The smallest absolute Gasteiger partial charge is 0.0107 e. The number of nitrogens with one attached hydrogen (secondary N) is 1. The van der Waals surface area contributed by atoms with Gasteiger partial charge in [-0.2, -0.15) is 0 Å². The Morgan fingerprint density at radius 3 is 2.50 bits per heavy atom. The van der Waals surface area contributed by atoms with Gasteiger partial charge in [-0.1, -0.05) is 20.3 Å². The zero-order chi connectivity index (χ0) is 12.8. The second kappa shape index (κ2) is 7.49. The molecule has 0 spiro atoms. The minimum Gasteiger partial charge on any atom is -0.315 e. The fourth-order valence-corrected chi connectivity index (χ4v) is 3.72. The highest BCUT2D eigenvalue weighted by molar-refractivity contribution is 4.83. The Kier molecular flexibility index (Phi) is 5.97. The minimum atomic E-state index is 0.855. The molecule has 106 valence electrons. The second-order valence-electron chi connectivity index (χ2n) is 6.94. The Hall–Kier alpha value is -0.0800. The molecule has 0 amide bonds. The number of hydrogen-bond acceptors (Lipinski definition) is 2. The average Bonchev–Trinajstić information content (AvgIpc) is 2.33. The third-order valence-corrected chi connectivity index (χ3v) is 4.66. The highest BCUT2D eigenvalue weighted by Crippen LogP contribution is 2.33. The van der Waals surface area contributed by atoms with Gasteiger partial charge in [0.05, 0.1) is 0 Å². The molecule has 2 unspecified atom stereocenters. The van der Waals surface area contributed by atoms with Crippen LogP contribution in [0, 0.1) is 17.8 Å². The Morgan fingerprint density at radius 2 is 1.83 bits per heavy atom. The summed E-state index contributed by atoms with van der Waals surface area (Å²) in [4.78, 5) is 2.72. The Morgan fingerprint density at radius 1 is 1.11 bits per heavy atom. The molecule has 2 atom stereocenters. The predicted molar refractivity (Wildman–Crippen MR) is 78.8 cm³/mol.